The van der Waals surface area contributed by atoms with Crippen LogP contribution >= 0.6 is 11.3 Å². The Bertz CT molecular complexity index is 586. The summed E-state index contributed by atoms with van der Waals surface area (Å²) < 4.78 is 7.63. The van der Waals surface area contributed by atoms with Gasteiger partial charge in [0.1, 0.15) is 0 Å². The van der Waals surface area contributed by atoms with E-state index in [2.05, 4.69) is 20.3 Å². The lowest BCUT2D eigenvalue weighted by atomic mass is 10.2. The minimum Gasteiger partial charge on any atom is -0.374 e. The summed E-state index contributed by atoms with van der Waals surface area (Å²) in [6, 6.07) is 1.68. The minimum absolute atomic E-state index is 0.0327. The number of anilines is 1. The molecule has 0 bridgehead atoms. The molecule has 2 aromatic rings. The van der Waals surface area contributed by atoms with Crippen LogP contribution in [0.5, 0.6) is 0 Å². The van der Waals surface area contributed by atoms with Gasteiger partial charge in [-0.2, -0.15) is 5.10 Å². The van der Waals surface area contributed by atoms with E-state index in [9.17, 15) is 4.79 Å². The Morgan fingerprint density at radius 3 is 3.23 bits per heavy atom. The lowest BCUT2D eigenvalue weighted by Crippen LogP contribution is -2.51. The highest BCUT2D eigenvalue weighted by atomic mass is 32.1. The number of amides is 1. The quantitative estimate of drug-likeness (QED) is 0.892. The maximum Gasteiger partial charge on any atom is 0.243 e. The number of thiazole rings is 1. The summed E-state index contributed by atoms with van der Waals surface area (Å²) in [6.07, 6.45) is 5.40. The van der Waals surface area contributed by atoms with Crippen LogP contribution in [0.4, 0.5) is 5.13 Å². The Balaban J connectivity index is 1.55. The zero-order chi connectivity index (χ0) is 15.4. The molecule has 2 aromatic heterocycles. The zero-order valence-electron chi connectivity index (χ0n) is 12.4. The average Bonchev–Trinajstić information content (AvgIpc) is 3.20. The molecule has 1 aliphatic rings. The summed E-state index contributed by atoms with van der Waals surface area (Å²) in [6.45, 7) is 4.71. The Labute approximate surface area is 132 Å². The molecule has 1 fully saturated rings. The molecule has 0 aliphatic carbocycles. The lowest BCUT2D eigenvalue weighted by Gasteiger charge is -2.35. The van der Waals surface area contributed by atoms with Gasteiger partial charge in [0, 0.05) is 37.1 Å². The predicted molar refractivity (Wildman–Crippen MR) is 83.7 cm³/mol. The number of hydrogen-bond acceptors (Lipinski definition) is 6. The van der Waals surface area contributed by atoms with E-state index >= 15 is 0 Å². The number of morpholine rings is 1. The molecule has 22 heavy (non-hydrogen) atoms. The molecule has 1 N–H and O–H groups in total. The van der Waals surface area contributed by atoms with E-state index in [1.807, 2.05) is 29.2 Å². The molecule has 7 nitrogen and oxygen atoms in total. The summed E-state index contributed by atoms with van der Waals surface area (Å²) in [5.41, 5.74) is 0. The van der Waals surface area contributed by atoms with Gasteiger partial charge in [0.25, 0.3) is 0 Å². The molecular weight excluding hydrogens is 302 g/mol. The zero-order valence-corrected chi connectivity index (χ0v) is 13.2. The van der Waals surface area contributed by atoms with Gasteiger partial charge < -0.3 is 10.1 Å². The smallest absolute Gasteiger partial charge is 0.243 e. The van der Waals surface area contributed by atoms with Crippen molar-refractivity contribution in [1.29, 1.82) is 0 Å². The van der Waals surface area contributed by atoms with Gasteiger partial charge in [-0.15, -0.1) is 11.3 Å². The van der Waals surface area contributed by atoms with Crippen molar-refractivity contribution in [2.24, 2.45) is 0 Å². The molecule has 0 spiro atoms. The molecule has 1 amide bonds. The van der Waals surface area contributed by atoms with Crippen LogP contribution in [0.1, 0.15) is 6.92 Å². The van der Waals surface area contributed by atoms with Gasteiger partial charge in [0.05, 0.1) is 25.3 Å². The van der Waals surface area contributed by atoms with Crippen LogP contribution in [0.3, 0.4) is 0 Å². The van der Waals surface area contributed by atoms with Crippen LogP contribution in [0, 0.1) is 0 Å². The SMILES string of the molecule is CC(C(=O)Nc1nccs1)N1CCOC(Cn2cccn2)C1. The first-order valence-electron chi connectivity index (χ1n) is 7.26. The number of carbonyl (C=O) groups excluding carboxylic acids is 1. The summed E-state index contributed by atoms with van der Waals surface area (Å²) in [5, 5.41) is 9.52. The van der Waals surface area contributed by atoms with Gasteiger partial charge in [-0.3, -0.25) is 14.4 Å². The van der Waals surface area contributed by atoms with E-state index in [-0.39, 0.29) is 18.1 Å². The highest BCUT2D eigenvalue weighted by molar-refractivity contribution is 7.13. The van der Waals surface area contributed by atoms with E-state index in [0.717, 1.165) is 6.54 Å². The second-order valence-electron chi connectivity index (χ2n) is 5.22. The van der Waals surface area contributed by atoms with Crippen molar-refractivity contribution in [3.8, 4) is 0 Å². The van der Waals surface area contributed by atoms with Gasteiger partial charge in [-0.05, 0) is 13.0 Å². The molecule has 1 saturated heterocycles. The molecule has 0 saturated carbocycles. The number of carbonyl (C=O) groups is 1. The van der Waals surface area contributed by atoms with Crippen molar-refractivity contribution in [3.63, 3.8) is 0 Å². The fraction of sp³-hybridized carbons (Fsp3) is 0.500. The second kappa shape index (κ2) is 6.99. The third kappa shape index (κ3) is 3.70. The number of nitrogens with zero attached hydrogens (tertiary/aromatic N) is 4. The Hall–Kier alpha value is -1.77. The molecule has 2 unspecified atom stereocenters. The summed E-state index contributed by atoms with van der Waals surface area (Å²) in [4.78, 5) is 18.5. The lowest BCUT2D eigenvalue weighted by molar-refractivity contribution is -0.124. The second-order valence-corrected chi connectivity index (χ2v) is 6.11. The number of aromatic nitrogens is 3. The summed E-state index contributed by atoms with van der Waals surface area (Å²) >= 11 is 1.42. The minimum atomic E-state index is -0.215. The van der Waals surface area contributed by atoms with Crippen molar-refractivity contribution in [2.45, 2.75) is 25.6 Å². The van der Waals surface area contributed by atoms with Crippen molar-refractivity contribution in [2.75, 3.05) is 25.0 Å². The van der Waals surface area contributed by atoms with Crippen LogP contribution in [0.15, 0.2) is 30.0 Å². The van der Waals surface area contributed by atoms with Gasteiger partial charge in [0.15, 0.2) is 5.13 Å². The topological polar surface area (TPSA) is 72.3 Å². The van der Waals surface area contributed by atoms with Crippen molar-refractivity contribution >= 4 is 22.4 Å². The molecule has 1 aliphatic heterocycles. The largest absolute Gasteiger partial charge is 0.374 e. The highest BCUT2D eigenvalue weighted by Gasteiger charge is 2.28. The van der Waals surface area contributed by atoms with Gasteiger partial charge >= 0.3 is 0 Å². The fourth-order valence-electron chi connectivity index (χ4n) is 2.48. The van der Waals surface area contributed by atoms with Crippen LogP contribution in [-0.4, -0.2) is 57.4 Å². The third-order valence-electron chi connectivity index (χ3n) is 3.71. The first kappa shape index (κ1) is 15.1. The predicted octanol–water partition coefficient (Wildman–Crippen LogP) is 1.07. The number of ether oxygens (including phenoxy) is 1. The van der Waals surface area contributed by atoms with E-state index in [4.69, 9.17) is 4.74 Å². The monoisotopic (exact) mass is 321 g/mol. The van der Waals surface area contributed by atoms with Crippen LogP contribution in [0.2, 0.25) is 0 Å². The third-order valence-corrected chi connectivity index (χ3v) is 4.40. The normalized spacial score (nSPS) is 20.7. The molecule has 2 atom stereocenters. The molecule has 8 heteroatoms. The molecule has 3 rings (SSSR count). The van der Waals surface area contributed by atoms with Crippen LogP contribution < -0.4 is 5.32 Å². The van der Waals surface area contributed by atoms with Crippen LogP contribution in [0.25, 0.3) is 0 Å². The van der Waals surface area contributed by atoms with Crippen molar-refractivity contribution < 1.29 is 9.53 Å². The Kier molecular flexibility index (Phi) is 4.81. The summed E-state index contributed by atoms with van der Waals surface area (Å²) in [7, 11) is 0. The van der Waals surface area contributed by atoms with Crippen molar-refractivity contribution in [3.05, 3.63) is 30.0 Å². The van der Waals surface area contributed by atoms with Gasteiger partial charge in [0.2, 0.25) is 5.91 Å². The molecule has 3 heterocycles. The first-order valence-corrected chi connectivity index (χ1v) is 8.14. The molecular formula is C14H19N5O2S. The number of nitrogens with one attached hydrogen (secondary N) is 1. The maximum atomic E-state index is 12.3. The van der Waals surface area contributed by atoms with E-state index in [0.29, 0.717) is 24.8 Å². The van der Waals surface area contributed by atoms with E-state index in [1.54, 1.807) is 12.4 Å². The van der Waals surface area contributed by atoms with E-state index < -0.39 is 0 Å². The fourth-order valence-corrected chi connectivity index (χ4v) is 3.01. The van der Waals surface area contributed by atoms with Crippen LogP contribution in [-0.2, 0) is 16.1 Å². The molecule has 0 aromatic carbocycles. The maximum absolute atomic E-state index is 12.3. The standard InChI is InChI=1S/C14H19N5O2S/c1-11(13(20)17-14-15-4-8-22-14)18-6-7-21-12(9-18)10-19-5-2-3-16-19/h2-5,8,11-12H,6-7,9-10H2,1H3,(H,15,17,20). The van der Waals surface area contributed by atoms with Gasteiger partial charge in [-0.1, -0.05) is 0 Å². The molecule has 0 radical (unpaired) electrons. The summed E-state index contributed by atoms with van der Waals surface area (Å²) in [5.74, 6) is -0.0327. The number of hydrogen-bond donors (Lipinski definition) is 1. The Morgan fingerprint density at radius 1 is 1.59 bits per heavy atom. The van der Waals surface area contributed by atoms with Crippen molar-refractivity contribution in [1.82, 2.24) is 19.7 Å². The average molecular weight is 321 g/mol. The first-order chi connectivity index (χ1) is 10.7. The number of rotatable bonds is 5. The van der Waals surface area contributed by atoms with E-state index in [1.165, 1.54) is 11.3 Å². The Morgan fingerprint density at radius 2 is 2.50 bits per heavy atom. The highest BCUT2D eigenvalue weighted by Crippen LogP contribution is 2.14. The molecule has 118 valence electrons. The van der Waals surface area contributed by atoms with Gasteiger partial charge in [-0.25, -0.2) is 4.98 Å².